The summed E-state index contributed by atoms with van der Waals surface area (Å²) in [5.41, 5.74) is 0.374. The average Bonchev–Trinajstić information content (AvgIpc) is 2.63. The Hall–Kier alpha value is -2.19. The molecule has 1 aromatic heterocycles. The van der Waals surface area contributed by atoms with Crippen molar-refractivity contribution >= 4 is 11.9 Å². The molecule has 2 rings (SSSR count). The van der Waals surface area contributed by atoms with E-state index in [1.54, 1.807) is 13.2 Å². The van der Waals surface area contributed by atoms with Gasteiger partial charge in [-0.1, -0.05) is 0 Å². The van der Waals surface area contributed by atoms with E-state index in [0.717, 1.165) is 0 Å². The highest BCUT2D eigenvalue weighted by Gasteiger charge is 2.30. The molecular formula is C17H24N2O6. The van der Waals surface area contributed by atoms with Crippen molar-refractivity contribution in [1.29, 1.82) is 0 Å². The fourth-order valence-corrected chi connectivity index (χ4v) is 2.74. The van der Waals surface area contributed by atoms with Crippen molar-refractivity contribution in [2.75, 3.05) is 40.1 Å². The summed E-state index contributed by atoms with van der Waals surface area (Å²) in [6, 6.07) is 3.08. The van der Waals surface area contributed by atoms with Crippen LogP contribution in [0.4, 0.5) is 0 Å². The Balaban J connectivity index is 1.91. The molecule has 0 radical (unpaired) electrons. The van der Waals surface area contributed by atoms with E-state index in [1.807, 2.05) is 0 Å². The monoisotopic (exact) mass is 352 g/mol. The molecule has 0 saturated carbocycles. The molecule has 8 heteroatoms. The van der Waals surface area contributed by atoms with E-state index in [2.05, 4.69) is 10.3 Å². The molecule has 2 N–H and O–H groups in total. The van der Waals surface area contributed by atoms with Crippen LogP contribution in [-0.4, -0.2) is 62.0 Å². The van der Waals surface area contributed by atoms with E-state index in [1.165, 1.54) is 12.3 Å². The van der Waals surface area contributed by atoms with Crippen molar-refractivity contribution in [1.82, 2.24) is 10.3 Å². The molecule has 25 heavy (non-hydrogen) atoms. The third kappa shape index (κ3) is 5.99. The van der Waals surface area contributed by atoms with Gasteiger partial charge in [-0.15, -0.1) is 0 Å². The van der Waals surface area contributed by atoms with E-state index in [4.69, 9.17) is 14.2 Å². The van der Waals surface area contributed by atoms with Crippen molar-refractivity contribution in [2.45, 2.75) is 12.8 Å². The number of hydrogen-bond acceptors (Lipinski definition) is 6. The van der Waals surface area contributed by atoms with Crippen LogP contribution in [0.5, 0.6) is 5.88 Å². The van der Waals surface area contributed by atoms with Gasteiger partial charge in [-0.2, -0.15) is 0 Å². The summed E-state index contributed by atoms with van der Waals surface area (Å²) in [4.78, 5) is 27.8. The Morgan fingerprint density at radius 3 is 2.84 bits per heavy atom. The molecule has 0 spiro atoms. The Kier molecular flexibility index (Phi) is 7.62. The van der Waals surface area contributed by atoms with Gasteiger partial charge < -0.3 is 24.6 Å². The Labute approximate surface area is 146 Å². The number of pyridine rings is 1. The van der Waals surface area contributed by atoms with Crippen LogP contribution in [0.3, 0.4) is 0 Å². The molecule has 8 nitrogen and oxygen atoms in total. The molecular weight excluding hydrogens is 328 g/mol. The number of aliphatic carboxylic acids is 1. The molecule has 1 aromatic rings. The van der Waals surface area contributed by atoms with E-state index < -0.39 is 11.9 Å². The lowest BCUT2D eigenvalue weighted by Crippen LogP contribution is -2.39. The van der Waals surface area contributed by atoms with Gasteiger partial charge in [0.2, 0.25) is 5.88 Å². The molecule has 0 aliphatic carbocycles. The first-order valence-corrected chi connectivity index (χ1v) is 8.28. The van der Waals surface area contributed by atoms with Crippen LogP contribution in [-0.2, 0) is 14.3 Å². The van der Waals surface area contributed by atoms with E-state index >= 15 is 0 Å². The summed E-state index contributed by atoms with van der Waals surface area (Å²) in [5.74, 6) is -1.53. The number of nitrogens with zero attached hydrogens (tertiary/aromatic N) is 1. The summed E-state index contributed by atoms with van der Waals surface area (Å²) < 4.78 is 15.5. The average molecular weight is 352 g/mol. The maximum atomic E-state index is 12.3. The number of methoxy groups -OCH3 is 1. The van der Waals surface area contributed by atoms with Gasteiger partial charge in [-0.3, -0.25) is 9.59 Å². The molecule has 0 aromatic carbocycles. The normalized spacial score (nSPS) is 16.2. The molecule has 1 aliphatic heterocycles. The van der Waals surface area contributed by atoms with E-state index in [0.29, 0.717) is 50.7 Å². The van der Waals surface area contributed by atoms with Crippen LogP contribution in [0.2, 0.25) is 0 Å². The van der Waals surface area contributed by atoms with Crippen LogP contribution in [0, 0.1) is 11.8 Å². The van der Waals surface area contributed by atoms with Crippen molar-refractivity contribution in [2.24, 2.45) is 11.8 Å². The molecule has 1 amide bonds. The number of nitrogens with one attached hydrogen (secondary N) is 1. The topological polar surface area (TPSA) is 107 Å². The summed E-state index contributed by atoms with van der Waals surface area (Å²) in [7, 11) is 1.57. The Morgan fingerprint density at radius 1 is 1.40 bits per heavy atom. The minimum absolute atomic E-state index is 0.0110. The minimum Gasteiger partial charge on any atom is -0.481 e. The standard InChI is InChI=1S/C17H24N2O6/c1-23-8-9-25-15-10-13(2-5-18-15)16(20)19-11-14(17(21)22)12-3-6-24-7-4-12/h2,5,10,12,14H,3-4,6-9,11H2,1H3,(H,19,20)(H,21,22). The molecule has 1 saturated heterocycles. The van der Waals surface area contributed by atoms with Gasteiger partial charge in [-0.05, 0) is 24.8 Å². The predicted molar refractivity (Wildman–Crippen MR) is 88.6 cm³/mol. The van der Waals surface area contributed by atoms with Gasteiger partial charge >= 0.3 is 5.97 Å². The number of carbonyl (C=O) groups excluding carboxylic acids is 1. The van der Waals surface area contributed by atoms with Gasteiger partial charge in [0.1, 0.15) is 6.61 Å². The highest BCUT2D eigenvalue weighted by atomic mass is 16.5. The van der Waals surface area contributed by atoms with Gasteiger partial charge in [0.25, 0.3) is 5.91 Å². The minimum atomic E-state index is -0.898. The largest absolute Gasteiger partial charge is 0.481 e. The molecule has 1 aliphatic rings. The first-order chi connectivity index (χ1) is 12.1. The van der Waals surface area contributed by atoms with E-state index in [9.17, 15) is 14.7 Å². The number of carbonyl (C=O) groups is 2. The highest BCUT2D eigenvalue weighted by molar-refractivity contribution is 5.94. The molecule has 0 bridgehead atoms. The number of amides is 1. The lowest BCUT2D eigenvalue weighted by molar-refractivity contribution is -0.144. The molecule has 1 atom stereocenters. The summed E-state index contributed by atoms with van der Waals surface area (Å²) in [6.45, 7) is 1.97. The first kappa shape index (κ1) is 19.1. The zero-order chi connectivity index (χ0) is 18.1. The number of carboxylic acid groups (broad SMARTS) is 1. The summed E-state index contributed by atoms with van der Waals surface area (Å²) in [5, 5.41) is 12.1. The lowest BCUT2D eigenvalue weighted by Gasteiger charge is -2.27. The van der Waals surface area contributed by atoms with Gasteiger partial charge in [-0.25, -0.2) is 4.98 Å². The second-order valence-corrected chi connectivity index (χ2v) is 5.83. The Morgan fingerprint density at radius 2 is 2.16 bits per heavy atom. The van der Waals surface area contributed by atoms with Crippen LogP contribution in [0.15, 0.2) is 18.3 Å². The summed E-state index contributed by atoms with van der Waals surface area (Å²) in [6.07, 6.45) is 2.86. The fourth-order valence-electron chi connectivity index (χ4n) is 2.74. The maximum Gasteiger partial charge on any atom is 0.308 e. The maximum absolute atomic E-state index is 12.3. The van der Waals surface area contributed by atoms with Crippen LogP contribution in [0.1, 0.15) is 23.2 Å². The fraction of sp³-hybridized carbons (Fsp3) is 0.588. The van der Waals surface area contributed by atoms with E-state index in [-0.39, 0.29) is 18.4 Å². The molecule has 1 fully saturated rings. The first-order valence-electron chi connectivity index (χ1n) is 8.28. The number of rotatable bonds is 9. The Bertz CT molecular complexity index is 574. The number of hydrogen-bond donors (Lipinski definition) is 2. The molecule has 138 valence electrons. The van der Waals surface area contributed by atoms with Crippen molar-refractivity contribution in [3.63, 3.8) is 0 Å². The van der Waals surface area contributed by atoms with Crippen LogP contribution in [0.25, 0.3) is 0 Å². The SMILES string of the molecule is COCCOc1cc(C(=O)NCC(C(=O)O)C2CCOCC2)ccn1. The van der Waals surface area contributed by atoms with Crippen LogP contribution < -0.4 is 10.1 Å². The third-order valence-electron chi connectivity index (χ3n) is 4.17. The summed E-state index contributed by atoms with van der Waals surface area (Å²) >= 11 is 0. The zero-order valence-corrected chi connectivity index (χ0v) is 14.3. The third-order valence-corrected chi connectivity index (χ3v) is 4.17. The lowest BCUT2D eigenvalue weighted by atomic mass is 9.86. The van der Waals surface area contributed by atoms with Crippen LogP contribution >= 0.6 is 0 Å². The van der Waals surface area contributed by atoms with Gasteiger partial charge in [0, 0.05) is 44.7 Å². The van der Waals surface area contributed by atoms with Crippen molar-refractivity contribution < 1.29 is 28.9 Å². The molecule has 2 heterocycles. The number of ether oxygens (including phenoxy) is 3. The highest BCUT2D eigenvalue weighted by Crippen LogP contribution is 2.24. The van der Waals surface area contributed by atoms with Crippen molar-refractivity contribution in [3.8, 4) is 5.88 Å². The smallest absolute Gasteiger partial charge is 0.308 e. The quantitative estimate of drug-likeness (QED) is 0.638. The second kappa shape index (κ2) is 9.95. The van der Waals surface area contributed by atoms with Crippen molar-refractivity contribution in [3.05, 3.63) is 23.9 Å². The zero-order valence-electron chi connectivity index (χ0n) is 14.3. The number of aromatic nitrogens is 1. The van der Waals surface area contributed by atoms with Gasteiger partial charge in [0.05, 0.1) is 12.5 Å². The molecule has 1 unspecified atom stereocenters. The predicted octanol–water partition coefficient (Wildman–Crippen LogP) is 0.964. The second-order valence-electron chi connectivity index (χ2n) is 5.83. The van der Waals surface area contributed by atoms with Gasteiger partial charge in [0.15, 0.2) is 0 Å². The number of carboxylic acids is 1.